The van der Waals surface area contributed by atoms with E-state index >= 15 is 0 Å². The zero-order valence-electron chi connectivity index (χ0n) is 11.2. The highest BCUT2D eigenvalue weighted by Gasteiger charge is 2.23. The summed E-state index contributed by atoms with van der Waals surface area (Å²) in [6.45, 7) is 1.85. The molecule has 21 heavy (non-hydrogen) atoms. The molecule has 0 radical (unpaired) electrons. The summed E-state index contributed by atoms with van der Waals surface area (Å²) in [5.41, 5.74) is 1.13. The largest absolute Gasteiger partial charge is 0.478 e. The van der Waals surface area contributed by atoms with Crippen molar-refractivity contribution in [1.82, 2.24) is 0 Å². The van der Waals surface area contributed by atoms with E-state index in [0.717, 1.165) is 5.56 Å². The molecule has 4 nitrogen and oxygen atoms in total. The van der Waals surface area contributed by atoms with Crippen LogP contribution in [0.1, 0.15) is 21.5 Å². The van der Waals surface area contributed by atoms with Crippen LogP contribution >= 0.6 is 11.6 Å². The lowest BCUT2D eigenvalue weighted by Gasteiger charge is -2.09. The molecule has 2 rings (SSSR count). The van der Waals surface area contributed by atoms with Gasteiger partial charge in [-0.3, -0.25) is 0 Å². The second-order valence-corrected chi connectivity index (χ2v) is 7.02. The first-order chi connectivity index (χ1) is 9.81. The fourth-order valence-electron chi connectivity index (χ4n) is 1.97. The summed E-state index contributed by atoms with van der Waals surface area (Å²) in [7, 11) is -3.79. The fraction of sp³-hybridized carbons (Fsp3) is 0.133. The standard InChI is InChI=1S/C15H13ClO4S/c1-10-6-7-11(13(16)8-10)9-21(19,20)14-5-3-2-4-12(14)15(17)18/h2-8H,9H2,1H3,(H,17,18). The molecule has 1 N–H and O–H groups in total. The van der Waals surface area contributed by atoms with Gasteiger partial charge in [0, 0.05) is 5.02 Å². The molecule has 0 unspecified atom stereocenters. The van der Waals surface area contributed by atoms with E-state index in [1.807, 2.05) is 6.92 Å². The highest BCUT2D eigenvalue weighted by Crippen LogP contribution is 2.25. The summed E-state index contributed by atoms with van der Waals surface area (Å²) in [4.78, 5) is 10.9. The number of rotatable bonds is 4. The summed E-state index contributed by atoms with van der Waals surface area (Å²) < 4.78 is 24.9. The third kappa shape index (κ3) is 3.43. The molecule has 2 aromatic rings. The van der Waals surface area contributed by atoms with E-state index in [9.17, 15) is 13.2 Å². The maximum Gasteiger partial charge on any atom is 0.337 e. The molecule has 0 saturated carbocycles. The predicted octanol–water partition coefficient (Wildman–Crippen LogP) is 3.32. The molecule has 0 aliphatic carbocycles. The van der Waals surface area contributed by atoms with E-state index in [1.165, 1.54) is 24.3 Å². The van der Waals surface area contributed by atoms with Crippen LogP contribution in [-0.4, -0.2) is 19.5 Å². The van der Waals surface area contributed by atoms with E-state index in [2.05, 4.69) is 0 Å². The number of benzene rings is 2. The number of sulfone groups is 1. The van der Waals surface area contributed by atoms with Gasteiger partial charge in [0.05, 0.1) is 16.2 Å². The minimum atomic E-state index is -3.79. The average molecular weight is 325 g/mol. The van der Waals surface area contributed by atoms with Gasteiger partial charge in [-0.15, -0.1) is 0 Å². The van der Waals surface area contributed by atoms with Crippen LogP contribution in [0.4, 0.5) is 0 Å². The van der Waals surface area contributed by atoms with Gasteiger partial charge in [-0.05, 0) is 36.2 Å². The summed E-state index contributed by atoms with van der Waals surface area (Å²) in [6.07, 6.45) is 0. The van der Waals surface area contributed by atoms with Crippen molar-refractivity contribution >= 4 is 27.4 Å². The maximum absolute atomic E-state index is 12.4. The average Bonchev–Trinajstić information content (AvgIpc) is 2.42. The van der Waals surface area contributed by atoms with Gasteiger partial charge in [0.15, 0.2) is 9.84 Å². The monoisotopic (exact) mass is 324 g/mol. The normalized spacial score (nSPS) is 11.3. The SMILES string of the molecule is Cc1ccc(CS(=O)(=O)c2ccccc2C(=O)O)c(Cl)c1. The highest BCUT2D eigenvalue weighted by molar-refractivity contribution is 7.90. The molecule has 0 amide bonds. The molecule has 110 valence electrons. The van der Waals surface area contributed by atoms with Crippen molar-refractivity contribution in [3.05, 3.63) is 64.2 Å². The Labute approximate surface area is 127 Å². The minimum Gasteiger partial charge on any atom is -0.478 e. The number of carboxylic acid groups (broad SMARTS) is 1. The zero-order valence-corrected chi connectivity index (χ0v) is 12.8. The second-order valence-electron chi connectivity index (χ2n) is 4.66. The molecule has 0 spiro atoms. The minimum absolute atomic E-state index is 0.200. The van der Waals surface area contributed by atoms with E-state index in [-0.39, 0.29) is 16.2 Å². The summed E-state index contributed by atoms with van der Waals surface area (Å²) in [5.74, 6) is -1.61. The van der Waals surface area contributed by atoms with Crippen LogP contribution in [0.5, 0.6) is 0 Å². The molecule has 2 aromatic carbocycles. The van der Waals surface area contributed by atoms with Crippen LogP contribution in [0.2, 0.25) is 5.02 Å². The first-order valence-corrected chi connectivity index (χ1v) is 8.14. The highest BCUT2D eigenvalue weighted by atomic mass is 35.5. The molecule has 0 bridgehead atoms. The van der Waals surface area contributed by atoms with E-state index in [1.54, 1.807) is 18.2 Å². The van der Waals surface area contributed by atoms with Gasteiger partial charge in [0.2, 0.25) is 0 Å². The molecule has 0 aliphatic heterocycles. The number of hydrogen-bond acceptors (Lipinski definition) is 3. The van der Waals surface area contributed by atoms with Crippen LogP contribution in [0, 0.1) is 6.92 Å². The first kappa shape index (κ1) is 15.5. The Bertz CT molecular complexity index is 797. The van der Waals surface area contributed by atoms with Crippen LogP contribution < -0.4 is 0 Å². The van der Waals surface area contributed by atoms with Crippen LogP contribution in [-0.2, 0) is 15.6 Å². The first-order valence-electron chi connectivity index (χ1n) is 6.11. The van der Waals surface area contributed by atoms with Gasteiger partial charge in [-0.2, -0.15) is 0 Å². The number of carboxylic acids is 1. The molecule has 0 atom stereocenters. The fourth-order valence-corrected chi connectivity index (χ4v) is 3.94. The van der Waals surface area contributed by atoms with Crippen LogP contribution in [0.25, 0.3) is 0 Å². The number of aryl methyl sites for hydroxylation is 1. The summed E-state index contributed by atoms with van der Waals surface area (Å²) >= 11 is 6.04. The van der Waals surface area contributed by atoms with Gasteiger partial charge in [-0.1, -0.05) is 35.9 Å². The molecule has 0 heterocycles. The van der Waals surface area contributed by atoms with E-state index < -0.39 is 15.8 Å². The lowest BCUT2D eigenvalue weighted by molar-refractivity contribution is 0.0692. The summed E-state index contributed by atoms with van der Waals surface area (Å²) in [6, 6.07) is 10.6. The lowest BCUT2D eigenvalue weighted by atomic mass is 10.2. The van der Waals surface area contributed by atoms with Gasteiger partial charge in [-0.25, -0.2) is 13.2 Å². The molecule has 0 saturated heterocycles. The van der Waals surface area contributed by atoms with Gasteiger partial charge < -0.3 is 5.11 Å². The lowest BCUT2D eigenvalue weighted by Crippen LogP contribution is -2.11. The Hall–Kier alpha value is -1.85. The number of carbonyl (C=O) groups is 1. The molecule has 0 fully saturated rings. The molecule has 0 aliphatic rings. The third-order valence-electron chi connectivity index (χ3n) is 3.01. The van der Waals surface area contributed by atoms with Crippen LogP contribution in [0.15, 0.2) is 47.4 Å². The third-order valence-corrected chi connectivity index (χ3v) is 5.08. The Balaban J connectivity index is 2.46. The van der Waals surface area contributed by atoms with Crippen molar-refractivity contribution in [3.8, 4) is 0 Å². The van der Waals surface area contributed by atoms with Gasteiger partial charge in [0.1, 0.15) is 0 Å². The van der Waals surface area contributed by atoms with Crippen molar-refractivity contribution in [2.45, 2.75) is 17.6 Å². The molecule has 0 aromatic heterocycles. The predicted molar refractivity (Wildman–Crippen MR) is 80.5 cm³/mol. The maximum atomic E-state index is 12.4. The molecular formula is C15H13ClO4S. The Kier molecular flexibility index (Phi) is 4.34. The number of hydrogen-bond donors (Lipinski definition) is 1. The Morgan fingerprint density at radius 1 is 1.19 bits per heavy atom. The van der Waals surface area contributed by atoms with Crippen molar-refractivity contribution < 1.29 is 18.3 Å². The smallest absolute Gasteiger partial charge is 0.337 e. The molecular weight excluding hydrogens is 312 g/mol. The quantitative estimate of drug-likeness (QED) is 0.936. The second kappa shape index (κ2) is 5.87. The van der Waals surface area contributed by atoms with E-state index in [0.29, 0.717) is 10.6 Å². The zero-order chi connectivity index (χ0) is 15.6. The Morgan fingerprint density at radius 2 is 1.86 bits per heavy atom. The topological polar surface area (TPSA) is 71.4 Å². The van der Waals surface area contributed by atoms with Crippen molar-refractivity contribution in [1.29, 1.82) is 0 Å². The van der Waals surface area contributed by atoms with Crippen molar-refractivity contribution in [3.63, 3.8) is 0 Å². The molecule has 6 heteroatoms. The van der Waals surface area contributed by atoms with E-state index in [4.69, 9.17) is 16.7 Å². The summed E-state index contributed by atoms with van der Waals surface area (Å²) in [5, 5.41) is 9.45. The van der Waals surface area contributed by atoms with Crippen molar-refractivity contribution in [2.75, 3.05) is 0 Å². The number of halogens is 1. The van der Waals surface area contributed by atoms with Crippen molar-refractivity contribution in [2.24, 2.45) is 0 Å². The number of aromatic carboxylic acids is 1. The van der Waals surface area contributed by atoms with Gasteiger partial charge in [0.25, 0.3) is 0 Å². The van der Waals surface area contributed by atoms with Crippen LogP contribution in [0.3, 0.4) is 0 Å². The Morgan fingerprint density at radius 3 is 2.48 bits per heavy atom. The van der Waals surface area contributed by atoms with Gasteiger partial charge >= 0.3 is 5.97 Å².